The summed E-state index contributed by atoms with van der Waals surface area (Å²) < 4.78 is 0. The number of rotatable bonds is 4. The molecule has 50 heavy (non-hydrogen) atoms. The van der Waals surface area contributed by atoms with Crippen molar-refractivity contribution in [2.75, 3.05) is 0 Å². The minimum atomic E-state index is 1.23. The van der Waals surface area contributed by atoms with Crippen molar-refractivity contribution in [1.29, 1.82) is 0 Å². The van der Waals surface area contributed by atoms with Gasteiger partial charge in [-0.25, -0.2) is 0 Å². The van der Waals surface area contributed by atoms with Gasteiger partial charge in [0.25, 0.3) is 0 Å². The molecule has 0 fully saturated rings. The minimum absolute atomic E-state index is 1.23. The summed E-state index contributed by atoms with van der Waals surface area (Å²) in [5.41, 5.74) is 9.92. The summed E-state index contributed by atoms with van der Waals surface area (Å²) in [6.45, 7) is 0. The molecular weight excluding hydrogens is 601 g/mol. The molecule has 0 nitrogen and oxygen atoms in total. The lowest BCUT2D eigenvalue weighted by atomic mass is 9.87. The summed E-state index contributed by atoms with van der Waals surface area (Å²) in [5.74, 6) is 0. The van der Waals surface area contributed by atoms with Gasteiger partial charge in [0.2, 0.25) is 0 Å². The summed E-state index contributed by atoms with van der Waals surface area (Å²) in [4.78, 5) is 0. The summed E-state index contributed by atoms with van der Waals surface area (Å²) in [6, 6.07) is 71.4. The maximum Gasteiger partial charge on any atom is -0.00259 e. The van der Waals surface area contributed by atoms with Gasteiger partial charge in [-0.05, 0) is 135 Å². The SMILES string of the molecule is c1ccc(-c2ccc3ccc(-c4cc5cc(-c6ccc7ccc(-c8ccccc8)cc7c6)c6ccccc6c5c5ccccc45)cc3c2)cc1. The van der Waals surface area contributed by atoms with E-state index in [1.54, 1.807) is 0 Å². The Kier molecular flexibility index (Phi) is 6.60. The molecule has 0 spiro atoms. The zero-order valence-electron chi connectivity index (χ0n) is 27.5. The molecule has 0 saturated carbocycles. The summed E-state index contributed by atoms with van der Waals surface area (Å²) >= 11 is 0. The monoisotopic (exact) mass is 632 g/mol. The fraction of sp³-hybridized carbons (Fsp3) is 0. The van der Waals surface area contributed by atoms with Gasteiger partial charge in [0.15, 0.2) is 0 Å². The van der Waals surface area contributed by atoms with Crippen molar-refractivity contribution in [1.82, 2.24) is 0 Å². The van der Waals surface area contributed by atoms with E-state index >= 15 is 0 Å². The van der Waals surface area contributed by atoms with Gasteiger partial charge in [-0.1, -0.05) is 158 Å². The van der Waals surface area contributed by atoms with Gasteiger partial charge in [0, 0.05) is 0 Å². The van der Waals surface area contributed by atoms with E-state index in [0.717, 1.165) is 0 Å². The number of hydrogen-bond donors (Lipinski definition) is 0. The molecule has 10 aromatic carbocycles. The molecule has 0 heteroatoms. The van der Waals surface area contributed by atoms with Crippen LogP contribution >= 0.6 is 0 Å². The average Bonchev–Trinajstić information content (AvgIpc) is 3.20. The standard InChI is InChI=1S/C50H32/c1-3-11-33(12-4-1)37-23-19-35-21-25-39(29-41(35)27-37)48-31-43-32-49(45-16-8-10-18-47(45)50(43)46-17-9-7-15-44(46)48)40-26-22-36-20-24-38(28-42(36)30-40)34-13-5-2-6-14-34/h1-32H. The molecular formula is C50H32. The van der Waals surface area contributed by atoms with Crippen LogP contribution in [0.3, 0.4) is 0 Å². The van der Waals surface area contributed by atoms with Crippen molar-refractivity contribution < 1.29 is 0 Å². The summed E-state index contributed by atoms with van der Waals surface area (Å²) in [7, 11) is 0. The lowest BCUT2D eigenvalue weighted by molar-refractivity contribution is 1.64. The molecule has 0 aliphatic rings. The van der Waals surface area contributed by atoms with Gasteiger partial charge < -0.3 is 0 Å². The molecule has 232 valence electrons. The molecule has 0 N–H and O–H groups in total. The largest absolute Gasteiger partial charge is 0.0622 e. The van der Waals surface area contributed by atoms with Crippen molar-refractivity contribution in [2.45, 2.75) is 0 Å². The Morgan fingerprint density at radius 3 is 1.00 bits per heavy atom. The molecule has 10 rings (SSSR count). The fourth-order valence-electron chi connectivity index (χ4n) is 7.91. The highest BCUT2D eigenvalue weighted by molar-refractivity contribution is 6.26. The quantitative estimate of drug-likeness (QED) is 0.169. The van der Waals surface area contributed by atoms with Gasteiger partial charge >= 0.3 is 0 Å². The Morgan fingerprint density at radius 2 is 0.560 bits per heavy atom. The van der Waals surface area contributed by atoms with Crippen LogP contribution in [-0.2, 0) is 0 Å². The third-order valence-corrected chi connectivity index (χ3v) is 10.4. The molecule has 0 aliphatic heterocycles. The Balaban J connectivity index is 1.19. The number of hydrogen-bond acceptors (Lipinski definition) is 0. The molecule has 10 aromatic rings. The van der Waals surface area contributed by atoms with E-state index in [9.17, 15) is 0 Å². The molecule has 0 unspecified atom stereocenters. The highest BCUT2D eigenvalue weighted by Gasteiger charge is 2.15. The van der Waals surface area contributed by atoms with Crippen molar-refractivity contribution in [3.63, 3.8) is 0 Å². The average molecular weight is 633 g/mol. The van der Waals surface area contributed by atoms with Crippen LogP contribution in [0.2, 0.25) is 0 Å². The van der Waals surface area contributed by atoms with Crippen LogP contribution in [0.25, 0.3) is 98.4 Å². The zero-order valence-corrected chi connectivity index (χ0v) is 27.5. The van der Waals surface area contributed by atoms with Gasteiger partial charge in [-0.15, -0.1) is 0 Å². The number of fused-ring (bicyclic) bond motifs is 7. The Labute approximate surface area is 291 Å². The zero-order chi connectivity index (χ0) is 33.0. The van der Waals surface area contributed by atoms with E-state index < -0.39 is 0 Å². The van der Waals surface area contributed by atoms with Gasteiger partial charge in [0.1, 0.15) is 0 Å². The first-order valence-corrected chi connectivity index (χ1v) is 17.3. The first-order chi connectivity index (χ1) is 24.8. The topological polar surface area (TPSA) is 0 Å². The van der Waals surface area contributed by atoms with Gasteiger partial charge in [-0.2, -0.15) is 0 Å². The minimum Gasteiger partial charge on any atom is -0.0622 e. The van der Waals surface area contributed by atoms with Crippen LogP contribution < -0.4 is 0 Å². The van der Waals surface area contributed by atoms with E-state index in [1.807, 2.05) is 0 Å². The fourth-order valence-corrected chi connectivity index (χ4v) is 7.91. The van der Waals surface area contributed by atoms with Crippen molar-refractivity contribution in [3.05, 3.63) is 194 Å². The molecule has 0 amide bonds. The predicted molar refractivity (Wildman–Crippen MR) is 216 cm³/mol. The molecule has 0 aliphatic carbocycles. The Hall–Kier alpha value is -6.50. The van der Waals surface area contributed by atoms with Gasteiger partial charge in [0.05, 0.1) is 0 Å². The Morgan fingerprint density at radius 1 is 0.200 bits per heavy atom. The summed E-state index contributed by atoms with van der Waals surface area (Å²) in [6.07, 6.45) is 0. The molecule has 0 bridgehead atoms. The first-order valence-electron chi connectivity index (χ1n) is 17.3. The van der Waals surface area contributed by atoms with Crippen LogP contribution in [0.4, 0.5) is 0 Å². The van der Waals surface area contributed by atoms with E-state index in [4.69, 9.17) is 0 Å². The third-order valence-electron chi connectivity index (χ3n) is 10.4. The molecule has 0 heterocycles. The lowest BCUT2D eigenvalue weighted by Crippen LogP contribution is -1.89. The van der Waals surface area contributed by atoms with Crippen molar-refractivity contribution in [2.24, 2.45) is 0 Å². The number of benzene rings is 10. The molecule has 0 atom stereocenters. The second-order valence-electron chi connectivity index (χ2n) is 13.3. The molecule has 0 aromatic heterocycles. The van der Waals surface area contributed by atoms with Crippen molar-refractivity contribution in [3.8, 4) is 44.5 Å². The maximum absolute atomic E-state index is 2.42. The van der Waals surface area contributed by atoms with Crippen LogP contribution in [0, 0.1) is 0 Å². The van der Waals surface area contributed by atoms with E-state index in [-0.39, 0.29) is 0 Å². The smallest absolute Gasteiger partial charge is 0.00259 e. The van der Waals surface area contributed by atoms with Crippen LogP contribution in [0.1, 0.15) is 0 Å². The van der Waals surface area contributed by atoms with Gasteiger partial charge in [-0.3, -0.25) is 0 Å². The van der Waals surface area contributed by atoms with Crippen LogP contribution in [-0.4, -0.2) is 0 Å². The second-order valence-corrected chi connectivity index (χ2v) is 13.3. The Bertz CT molecular complexity index is 2700. The predicted octanol–water partition coefficient (Wildman–Crippen LogP) is 14.1. The third kappa shape index (κ3) is 4.77. The first kappa shape index (κ1) is 28.5. The molecule has 0 saturated heterocycles. The maximum atomic E-state index is 2.42. The van der Waals surface area contributed by atoms with E-state index in [0.29, 0.717) is 0 Å². The summed E-state index contributed by atoms with van der Waals surface area (Å²) in [5, 5.41) is 12.7. The van der Waals surface area contributed by atoms with Crippen molar-refractivity contribution >= 4 is 53.9 Å². The highest BCUT2D eigenvalue weighted by Crippen LogP contribution is 2.43. The second kappa shape index (κ2) is 11.6. The van der Waals surface area contributed by atoms with Crippen LogP contribution in [0.15, 0.2) is 194 Å². The van der Waals surface area contributed by atoms with Crippen LogP contribution in [0.5, 0.6) is 0 Å². The van der Waals surface area contributed by atoms with E-state index in [1.165, 1.54) is 98.4 Å². The normalized spacial score (nSPS) is 11.6. The highest BCUT2D eigenvalue weighted by atomic mass is 14.2. The van der Waals surface area contributed by atoms with E-state index in [2.05, 4.69) is 194 Å². The lowest BCUT2D eigenvalue weighted by Gasteiger charge is -2.17. The molecule has 0 radical (unpaired) electrons.